The first-order valence-corrected chi connectivity index (χ1v) is 27.6. The molecule has 4 saturated heterocycles. The summed E-state index contributed by atoms with van der Waals surface area (Å²) in [6.45, 7) is 13.1. The number of rotatable bonds is 17. The standard InChI is InChI=1S/C53H90N6O13/c1-33-28-38(15-12-35-10-13-37(14-11-35)31-59-26-7-20-55-24-23-54-18-6-19-56-25-27-59)30-40(48(33)72-53-47(64)46(63)44(61)34(2)68-53)70-52-43(58-50(65)39-16-21-57-22-17-39)49(45(62)42(32-60)71-52)69-41(51(66)67)29-36-8-4-3-5-9-36/h10-11,13-14,33-34,36,38-49,52-57,60-64H,3-9,12,15-32H2,1-2H3,(H,58,65)(H,66,67)/t33?,34?,38?,40?,41-,42?,43?,44?,45?,46?,47?,48?,49?,52?,53?/m0/s1. The number of piperidine rings is 1. The smallest absolute Gasteiger partial charge is 0.332 e. The molecule has 2 saturated carbocycles. The average molecular weight is 1020 g/mol. The van der Waals surface area contributed by atoms with Crippen molar-refractivity contribution in [3.63, 3.8) is 0 Å². The number of hydrogen-bond acceptors (Lipinski definition) is 17. The van der Waals surface area contributed by atoms with E-state index in [0.717, 1.165) is 123 Å². The van der Waals surface area contributed by atoms with Crippen molar-refractivity contribution in [2.75, 3.05) is 72.1 Å². The minimum absolute atomic E-state index is 0.116. The Balaban J connectivity index is 1.09. The van der Waals surface area contributed by atoms with Crippen LogP contribution in [0.1, 0.15) is 108 Å². The van der Waals surface area contributed by atoms with Crippen molar-refractivity contribution in [1.29, 1.82) is 0 Å². The summed E-state index contributed by atoms with van der Waals surface area (Å²) in [6, 6.07) is 7.69. The number of aliphatic hydroxyl groups excluding tert-OH is 5. The molecule has 0 aromatic heterocycles. The molecule has 4 aliphatic heterocycles. The van der Waals surface area contributed by atoms with E-state index in [2.05, 4.69) is 55.7 Å². The molecule has 0 spiro atoms. The average Bonchev–Trinajstić information content (AvgIpc) is 3.38. The van der Waals surface area contributed by atoms with Gasteiger partial charge in [0.15, 0.2) is 18.7 Å². The summed E-state index contributed by atoms with van der Waals surface area (Å²) < 4.78 is 32.4. The van der Waals surface area contributed by atoms with Crippen LogP contribution in [0.4, 0.5) is 0 Å². The second kappa shape index (κ2) is 29.2. The lowest BCUT2D eigenvalue weighted by molar-refractivity contribution is -0.338. The summed E-state index contributed by atoms with van der Waals surface area (Å²) in [5.41, 5.74) is 2.47. The summed E-state index contributed by atoms with van der Waals surface area (Å²) in [6.07, 6.45) is -3.60. The highest BCUT2D eigenvalue weighted by atomic mass is 16.7. The van der Waals surface area contributed by atoms with Crippen molar-refractivity contribution in [3.8, 4) is 0 Å². The summed E-state index contributed by atoms with van der Waals surface area (Å²) in [4.78, 5) is 29.6. The number of carboxylic acid groups (broad SMARTS) is 1. The number of carbonyl (C=O) groups is 2. The molecule has 410 valence electrons. The lowest BCUT2D eigenvalue weighted by atomic mass is 9.76. The number of aliphatic carboxylic acids is 1. The molecular weight excluding hydrogens is 929 g/mol. The molecule has 7 rings (SSSR count). The second-order valence-corrected chi connectivity index (χ2v) is 21.8. The van der Waals surface area contributed by atoms with Crippen molar-refractivity contribution in [3.05, 3.63) is 35.4 Å². The Hall–Kier alpha value is -2.44. The number of nitrogens with one attached hydrogen (secondary N) is 5. The minimum atomic E-state index is -1.57. The van der Waals surface area contributed by atoms with Crippen molar-refractivity contribution < 1.29 is 63.9 Å². The van der Waals surface area contributed by atoms with Gasteiger partial charge >= 0.3 is 5.97 Å². The third-order valence-corrected chi connectivity index (χ3v) is 16.2. The zero-order valence-corrected chi connectivity index (χ0v) is 43.0. The molecular formula is C53H90N6O13. The molecule has 0 bridgehead atoms. The van der Waals surface area contributed by atoms with E-state index in [9.17, 15) is 40.2 Å². The molecule has 4 heterocycles. The number of benzene rings is 1. The number of amides is 1. The maximum Gasteiger partial charge on any atom is 0.332 e. The van der Waals surface area contributed by atoms with E-state index >= 15 is 0 Å². The molecule has 1 aromatic rings. The summed E-state index contributed by atoms with van der Waals surface area (Å²) in [5, 5.41) is 82.5. The number of carbonyl (C=O) groups excluding carboxylic acids is 1. The molecule has 1 amide bonds. The third-order valence-electron chi connectivity index (χ3n) is 16.2. The van der Waals surface area contributed by atoms with E-state index < -0.39 is 92.2 Å². The largest absolute Gasteiger partial charge is 0.479 e. The Morgan fingerprint density at radius 3 is 2.10 bits per heavy atom. The second-order valence-electron chi connectivity index (χ2n) is 21.8. The van der Waals surface area contributed by atoms with Gasteiger partial charge in [0.25, 0.3) is 0 Å². The van der Waals surface area contributed by atoms with Crippen LogP contribution in [0.2, 0.25) is 0 Å². The van der Waals surface area contributed by atoms with E-state index in [4.69, 9.17) is 23.7 Å². The Labute approximate surface area is 427 Å². The molecule has 2 aliphatic carbocycles. The van der Waals surface area contributed by atoms with Crippen LogP contribution >= 0.6 is 0 Å². The quantitative estimate of drug-likeness (QED) is 0.104. The molecule has 0 radical (unpaired) electrons. The number of nitrogens with zero attached hydrogens (tertiary/aromatic N) is 1. The lowest BCUT2D eigenvalue weighted by Gasteiger charge is -2.49. The number of ether oxygens (including phenoxy) is 5. The highest BCUT2D eigenvalue weighted by Crippen LogP contribution is 2.40. The van der Waals surface area contributed by atoms with Gasteiger partial charge in [0.1, 0.15) is 42.7 Å². The van der Waals surface area contributed by atoms with Crippen LogP contribution in [0, 0.1) is 23.7 Å². The van der Waals surface area contributed by atoms with Crippen molar-refractivity contribution in [2.24, 2.45) is 23.7 Å². The van der Waals surface area contributed by atoms with Crippen molar-refractivity contribution >= 4 is 11.9 Å². The first-order chi connectivity index (χ1) is 34.9. The van der Waals surface area contributed by atoms with Crippen LogP contribution in [-0.4, -0.2) is 199 Å². The van der Waals surface area contributed by atoms with Crippen LogP contribution in [0.5, 0.6) is 0 Å². The Bertz CT molecular complexity index is 1730. The van der Waals surface area contributed by atoms with Crippen LogP contribution in [0.3, 0.4) is 0 Å². The minimum Gasteiger partial charge on any atom is -0.479 e. The highest BCUT2D eigenvalue weighted by Gasteiger charge is 2.52. The van der Waals surface area contributed by atoms with Gasteiger partial charge < -0.3 is 80.9 Å². The molecule has 19 heteroatoms. The fourth-order valence-corrected chi connectivity index (χ4v) is 11.9. The van der Waals surface area contributed by atoms with E-state index in [0.29, 0.717) is 32.4 Å². The van der Waals surface area contributed by atoms with E-state index in [1.807, 2.05) is 6.92 Å². The van der Waals surface area contributed by atoms with Gasteiger partial charge in [-0.25, -0.2) is 4.79 Å². The zero-order chi connectivity index (χ0) is 51.0. The normalized spacial score (nSPS) is 36.3. The third kappa shape index (κ3) is 16.5. The van der Waals surface area contributed by atoms with Crippen LogP contribution in [0.25, 0.3) is 0 Å². The molecule has 1 aromatic carbocycles. The maximum absolute atomic E-state index is 14.2. The van der Waals surface area contributed by atoms with Gasteiger partial charge in [0, 0.05) is 38.6 Å². The van der Waals surface area contributed by atoms with Crippen LogP contribution in [-0.2, 0) is 46.2 Å². The van der Waals surface area contributed by atoms with Gasteiger partial charge in [0.05, 0.1) is 24.9 Å². The molecule has 19 nitrogen and oxygen atoms in total. The van der Waals surface area contributed by atoms with E-state index in [1.165, 1.54) is 11.1 Å². The summed E-state index contributed by atoms with van der Waals surface area (Å²) in [7, 11) is 0. The number of aryl methyl sites for hydroxylation is 1. The fraction of sp³-hybridized carbons (Fsp3) is 0.849. The van der Waals surface area contributed by atoms with Gasteiger partial charge in [0.2, 0.25) is 5.91 Å². The predicted molar refractivity (Wildman–Crippen MR) is 269 cm³/mol. The predicted octanol–water partition coefficient (Wildman–Crippen LogP) is 0.999. The topological polar surface area (TPSA) is 265 Å². The van der Waals surface area contributed by atoms with E-state index in [1.54, 1.807) is 6.92 Å². The number of aliphatic hydroxyl groups is 5. The fourth-order valence-electron chi connectivity index (χ4n) is 11.9. The highest BCUT2D eigenvalue weighted by molar-refractivity contribution is 5.79. The summed E-state index contributed by atoms with van der Waals surface area (Å²) >= 11 is 0. The van der Waals surface area contributed by atoms with Gasteiger partial charge in [-0.15, -0.1) is 0 Å². The van der Waals surface area contributed by atoms with Crippen molar-refractivity contribution in [1.82, 2.24) is 31.5 Å². The van der Waals surface area contributed by atoms with Gasteiger partial charge in [-0.3, -0.25) is 9.69 Å². The maximum atomic E-state index is 14.2. The van der Waals surface area contributed by atoms with Gasteiger partial charge in [-0.1, -0.05) is 63.3 Å². The molecule has 72 heavy (non-hydrogen) atoms. The molecule has 11 N–H and O–H groups in total. The molecule has 14 unspecified atom stereocenters. The Kier molecular flexibility index (Phi) is 23.2. The SMILES string of the molecule is CC1CC(CCc2ccc(CN3CCCNCCNCCCNCC3)cc2)CC(OC2OC(CO)C(O)C(O[C@@H](CC3CCCCC3)C(=O)O)C2NC(=O)C2CCNCC2)C1OC1OC(C)C(O)C(O)C1O. The van der Waals surface area contributed by atoms with Crippen molar-refractivity contribution in [2.45, 2.75) is 190 Å². The van der Waals surface area contributed by atoms with Gasteiger partial charge in [-0.05, 0) is 133 Å². The summed E-state index contributed by atoms with van der Waals surface area (Å²) in [5.74, 6) is -1.79. The number of carboxylic acids is 1. The van der Waals surface area contributed by atoms with Crippen LogP contribution < -0.4 is 26.6 Å². The monoisotopic (exact) mass is 1020 g/mol. The number of hydrogen-bond donors (Lipinski definition) is 11. The Morgan fingerprint density at radius 1 is 0.708 bits per heavy atom. The Morgan fingerprint density at radius 2 is 1.39 bits per heavy atom. The lowest BCUT2D eigenvalue weighted by Crippen LogP contribution is -2.68. The van der Waals surface area contributed by atoms with Gasteiger partial charge in [-0.2, -0.15) is 0 Å². The first-order valence-electron chi connectivity index (χ1n) is 27.6. The first kappa shape index (κ1) is 57.3. The zero-order valence-electron chi connectivity index (χ0n) is 43.0. The molecule has 15 atom stereocenters. The molecule has 6 fully saturated rings. The van der Waals surface area contributed by atoms with E-state index in [-0.39, 0.29) is 36.0 Å². The van der Waals surface area contributed by atoms with Crippen LogP contribution in [0.15, 0.2) is 24.3 Å². The molecule has 6 aliphatic rings.